The predicted octanol–water partition coefficient (Wildman–Crippen LogP) is 1.91. The standard InChI is InChI=1S/C12H16BrN3O3/c1-2-19-6-5-11(17)15-10-7-8(13)3-4-9(10)12(14)16-18/h3-4,7,18H,2,5-6H2,1H3,(H2,14,16)(H,15,17). The van der Waals surface area contributed by atoms with Crippen molar-refractivity contribution >= 4 is 33.4 Å². The fraction of sp³-hybridized carbons (Fsp3) is 0.333. The van der Waals surface area contributed by atoms with Gasteiger partial charge in [0, 0.05) is 16.6 Å². The van der Waals surface area contributed by atoms with Crippen LogP contribution in [-0.2, 0) is 9.53 Å². The molecule has 6 nitrogen and oxygen atoms in total. The smallest absolute Gasteiger partial charge is 0.226 e. The molecule has 1 aromatic rings. The van der Waals surface area contributed by atoms with Crippen LogP contribution in [0.25, 0.3) is 0 Å². The summed E-state index contributed by atoms with van der Waals surface area (Å²) in [6.45, 7) is 2.79. The molecule has 7 heteroatoms. The second-order valence-corrected chi connectivity index (χ2v) is 4.59. The first-order chi connectivity index (χ1) is 9.08. The Bertz CT molecular complexity index is 477. The molecule has 4 N–H and O–H groups in total. The van der Waals surface area contributed by atoms with Crippen molar-refractivity contribution in [3.63, 3.8) is 0 Å². The molecule has 0 fully saturated rings. The van der Waals surface area contributed by atoms with Crippen molar-refractivity contribution in [3.05, 3.63) is 28.2 Å². The van der Waals surface area contributed by atoms with Gasteiger partial charge in [0.1, 0.15) is 0 Å². The lowest BCUT2D eigenvalue weighted by Gasteiger charge is -2.10. The van der Waals surface area contributed by atoms with E-state index in [1.54, 1.807) is 18.2 Å². The zero-order valence-corrected chi connectivity index (χ0v) is 12.1. The Balaban J connectivity index is 2.81. The fourth-order valence-electron chi connectivity index (χ4n) is 1.42. The number of oxime groups is 1. The van der Waals surface area contributed by atoms with Gasteiger partial charge in [0.15, 0.2) is 5.84 Å². The monoisotopic (exact) mass is 329 g/mol. The van der Waals surface area contributed by atoms with Gasteiger partial charge in [-0.25, -0.2) is 0 Å². The van der Waals surface area contributed by atoms with E-state index in [9.17, 15) is 4.79 Å². The maximum atomic E-state index is 11.7. The Morgan fingerprint density at radius 1 is 1.58 bits per heavy atom. The molecule has 0 radical (unpaired) electrons. The average molecular weight is 330 g/mol. The van der Waals surface area contributed by atoms with E-state index in [-0.39, 0.29) is 18.2 Å². The summed E-state index contributed by atoms with van der Waals surface area (Å²) >= 11 is 3.30. The maximum Gasteiger partial charge on any atom is 0.226 e. The Kier molecular flexibility index (Phi) is 6.31. The number of carbonyl (C=O) groups excluding carboxylic acids is 1. The highest BCUT2D eigenvalue weighted by atomic mass is 79.9. The first kappa shape index (κ1) is 15.5. The molecule has 0 bridgehead atoms. The molecule has 104 valence electrons. The molecule has 19 heavy (non-hydrogen) atoms. The van der Waals surface area contributed by atoms with Gasteiger partial charge >= 0.3 is 0 Å². The summed E-state index contributed by atoms with van der Waals surface area (Å²) in [6.07, 6.45) is 0.246. The van der Waals surface area contributed by atoms with Gasteiger partial charge < -0.3 is 21.0 Å². The number of rotatable bonds is 6. The van der Waals surface area contributed by atoms with E-state index >= 15 is 0 Å². The second-order valence-electron chi connectivity index (χ2n) is 3.67. The van der Waals surface area contributed by atoms with Gasteiger partial charge in [-0.3, -0.25) is 4.79 Å². The molecule has 1 aromatic carbocycles. The number of nitrogens with zero attached hydrogens (tertiary/aromatic N) is 1. The fourth-order valence-corrected chi connectivity index (χ4v) is 1.78. The molecule has 0 atom stereocenters. The summed E-state index contributed by atoms with van der Waals surface area (Å²) in [4.78, 5) is 11.7. The van der Waals surface area contributed by atoms with Gasteiger partial charge in [0.25, 0.3) is 0 Å². The van der Waals surface area contributed by atoms with Crippen LogP contribution in [0.2, 0.25) is 0 Å². The molecule has 1 amide bonds. The zero-order valence-electron chi connectivity index (χ0n) is 10.5. The van der Waals surface area contributed by atoms with Crippen LogP contribution < -0.4 is 11.1 Å². The highest BCUT2D eigenvalue weighted by Gasteiger charge is 2.10. The molecule has 0 saturated heterocycles. The Morgan fingerprint density at radius 3 is 2.95 bits per heavy atom. The van der Waals surface area contributed by atoms with Crippen molar-refractivity contribution in [2.75, 3.05) is 18.5 Å². The molecule has 0 aliphatic rings. The predicted molar refractivity (Wildman–Crippen MR) is 76.4 cm³/mol. The minimum atomic E-state index is -0.196. The first-order valence-electron chi connectivity index (χ1n) is 5.73. The number of nitrogens with two attached hydrogens (primary N) is 1. The van der Waals surface area contributed by atoms with Crippen LogP contribution in [0.3, 0.4) is 0 Å². The van der Waals surface area contributed by atoms with Gasteiger partial charge in [0.05, 0.1) is 18.7 Å². The topological polar surface area (TPSA) is 96.9 Å². The number of nitrogens with one attached hydrogen (secondary N) is 1. The van der Waals surface area contributed by atoms with E-state index in [2.05, 4.69) is 26.4 Å². The van der Waals surface area contributed by atoms with E-state index in [4.69, 9.17) is 15.7 Å². The number of carbonyl (C=O) groups is 1. The van der Waals surface area contributed by atoms with Crippen LogP contribution in [0.4, 0.5) is 5.69 Å². The lowest BCUT2D eigenvalue weighted by molar-refractivity contribution is -0.117. The van der Waals surface area contributed by atoms with Crippen molar-refractivity contribution in [2.45, 2.75) is 13.3 Å². The third-order valence-corrected chi connectivity index (χ3v) is 2.81. The Labute approximate surface area is 119 Å². The zero-order chi connectivity index (χ0) is 14.3. The van der Waals surface area contributed by atoms with Crippen LogP contribution in [0.15, 0.2) is 27.8 Å². The normalized spacial score (nSPS) is 11.4. The van der Waals surface area contributed by atoms with Crippen molar-refractivity contribution in [3.8, 4) is 0 Å². The molecular weight excluding hydrogens is 314 g/mol. The Morgan fingerprint density at radius 2 is 2.32 bits per heavy atom. The number of benzene rings is 1. The number of amides is 1. The van der Waals surface area contributed by atoms with E-state index in [1.807, 2.05) is 6.92 Å². The quantitative estimate of drug-likeness (QED) is 0.244. The molecule has 0 aliphatic carbocycles. The van der Waals surface area contributed by atoms with Gasteiger partial charge in [-0.15, -0.1) is 0 Å². The molecule has 1 rings (SSSR count). The first-order valence-corrected chi connectivity index (χ1v) is 6.52. The molecule has 0 saturated carbocycles. The highest BCUT2D eigenvalue weighted by Crippen LogP contribution is 2.21. The van der Waals surface area contributed by atoms with E-state index in [1.165, 1.54) is 0 Å². The van der Waals surface area contributed by atoms with Crippen molar-refractivity contribution in [1.82, 2.24) is 0 Å². The summed E-state index contributed by atoms with van der Waals surface area (Å²) < 4.78 is 5.89. The summed E-state index contributed by atoms with van der Waals surface area (Å²) in [5, 5.41) is 14.3. The third-order valence-electron chi connectivity index (χ3n) is 2.32. The maximum absolute atomic E-state index is 11.7. The number of halogens is 1. The largest absolute Gasteiger partial charge is 0.409 e. The van der Waals surface area contributed by atoms with Crippen molar-refractivity contribution < 1.29 is 14.7 Å². The summed E-state index contributed by atoms with van der Waals surface area (Å²) in [7, 11) is 0. The van der Waals surface area contributed by atoms with E-state index in [0.717, 1.165) is 4.47 Å². The molecular formula is C12H16BrN3O3. The average Bonchev–Trinajstić information content (AvgIpc) is 2.38. The van der Waals surface area contributed by atoms with Gasteiger partial charge in [-0.05, 0) is 25.1 Å². The summed E-state index contributed by atoms with van der Waals surface area (Å²) in [6, 6.07) is 5.08. The second kappa shape index (κ2) is 7.75. The van der Waals surface area contributed by atoms with Gasteiger partial charge in [0.2, 0.25) is 5.91 Å². The van der Waals surface area contributed by atoms with E-state index in [0.29, 0.717) is 24.5 Å². The molecule has 0 aliphatic heterocycles. The SMILES string of the molecule is CCOCCC(=O)Nc1cc(Br)ccc1/C(N)=N/O. The van der Waals surface area contributed by atoms with Crippen molar-refractivity contribution in [1.29, 1.82) is 0 Å². The van der Waals surface area contributed by atoms with Crippen LogP contribution in [0, 0.1) is 0 Å². The molecule has 0 unspecified atom stereocenters. The third kappa shape index (κ3) is 4.88. The van der Waals surface area contributed by atoms with Gasteiger partial charge in [-0.1, -0.05) is 21.1 Å². The van der Waals surface area contributed by atoms with Crippen LogP contribution >= 0.6 is 15.9 Å². The lowest BCUT2D eigenvalue weighted by Crippen LogP contribution is -2.20. The van der Waals surface area contributed by atoms with Crippen LogP contribution in [0.1, 0.15) is 18.9 Å². The van der Waals surface area contributed by atoms with Gasteiger partial charge in [-0.2, -0.15) is 0 Å². The number of ether oxygens (including phenoxy) is 1. The van der Waals surface area contributed by atoms with E-state index < -0.39 is 0 Å². The minimum absolute atomic E-state index is 0.0624. The Hall–Kier alpha value is -1.60. The number of amidine groups is 1. The highest BCUT2D eigenvalue weighted by molar-refractivity contribution is 9.10. The molecule has 0 heterocycles. The minimum Gasteiger partial charge on any atom is -0.409 e. The van der Waals surface area contributed by atoms with Crippen molar-refractivity contribution in [2.24, 2.45) is 10.9 Å². The number of hydrogen-bond donors (Lipinski definition) is 3. The summed E-state index contributed by atoms with van der Waals surface area (Å²) in [5.74, 6) is -0.258. The molecule has 0 aromatic heterocycles. The number of hydrogen-bond acceptors (Lipinski definition) is 4. The van der Waals surface area contributed by atoms with Crippen LogP contribution in [0.5, 0.6) is 0 Å². The molecule has 0 spiro atoms. The van der Waals surface area contributed by atoms with Crippen LogP contribution in [-0.4, -0.2) is 30.2 Å². The number of anilines is 1. The lowest BCUT2D eigenvalue weighted by atomic mass is 10.1. The summed E-state index contributed by atoms with van der Waals surface area (Å²) in [5.41, 5.74) is 6.48.